The predicted octanol–water partition coefficient (Wildman–Crippen LogP) is 2.48. The summed E-state index contributed by atoms with van der Waals surface area (Å²) >= 11 is 0. The number of nitrogens with one attached hydrogen (secondary N) is 1. The van der Waals surface area contributed by atoms with Crippen LogP contribution in [0, 0.1) is 0 Å². The first kappa shape index (κ1) is 16.0. The predicted molar refractivity (Wildman–Crippen MR) is 90.0 cm³/mol. The summed E-state index contributed by atoms with van der Waals surface area (Å²) < 4.78 is 1.78. The third-order valence-electron chi connectivity index (χ3n) is 3.71. The molecule has 1 aromatic carbocycles. The molecule has 2 N–H and O–H groups in total. The van der Waals surface area contributed by atoms with Gasteiger partial charge in [-0.15, -0.1) is 0 Å². The van der Waals surface area contributed by atoms with Crippen molar-refractivity contribution in [2.45, 2.75) is 38.8 Å². The first-order valence-electron chi connectivity index (χ1n) is 7.71. The van der Waals surface area contributed by atoms with Gasteiger partial charge in [-0.2, -0.15) is 5.10 Å². The summed E-state index contributed by atoms with van der Waals surface area (Å²) in [4.78, 5) is 17.5. The van der Waals surface area contributed by atoms with Crippen LogP contribution >= 0.6 is 0 Å². The Morgan fingerprint density at radius 3 is 2.79 bits per heavy atom. The summed E-state index contributed by atoms with van der Waals surface area (Å²) in [7, 11) is 0. The number of oxime groups is 1. The minimum absolute atomic E-state index is 0.118. The zero-order valence-electron chi connectivity index (χ0n) is 13.9. The fourth-order valence-electron chi connectivity index (χ4n) is 2.37. The van der Waals surface area contributed by atoms with Crippen LogP contribution in [0.3, 0.4) is 0 Å². The van der Waals surface area contributed by atoms with Gasteiger partial charge in [-0.25, -0.2) is 0 Å². The SMILES string of the molecule is CC(C)(C)n1cc(NC(=O)C2CC(c3ccccc3O)=NO2)cn1. The normalized spacial score (nSPS) is 17.3. The number of hydrogen-bond acceptors (Lipinski definition) is 5. The van der Waals surface area contributed by atoms with Crippen molar-refractivity contribution in [1.29, 1.82) is 0 Å². The molecule has 24 heavy (non-hydrogen) atoms. The number of benzene rings is 1. The summed E-state index contributed by atoms with van der Waals surface area (Å²) in [6.07, 6.45) is 2.95. The van der Waals surface area contributed by atoms with E-state index in [4.69, 9.17) is 4.84 Å². The van der Waals surface area contributed by atoms with Gasteiger partial charge in [0.2, 0.25) is 6.10 Å². The van der Waals surface area contributed by atoms with E-state index in [1.54, 1.807) is 41.3 Å². The Morgan fingerprint density at radius 2 is 2.12 bits per heavy atom. The molecule has 0 saturated carbocycles. The molecule has 3 rings (SSSR count). The number of phenols is 1. The molecule has 2 aromatic rings. The Morgan fingerprint density at radius 1 is 1.38 bits per heavy atom. The van der Waals surface area contributed by atoms with Crippen LogP contribution in [0.1, 0.15) is 32.8 Å². The molecule has 0 fully saturated rings. The number of nitrogens with zero attached hydrogens (tertiary/aromatic N) is 3. The van der Waals surface area contributed by atoms with E-state index in [9.17, 15) is 9.90 Å². The van der Waals surface area contributed by atoms with Crippen molar-refractivity contribution >= 4 is 17.3 Å². The van der Waals surface area contributed by atoms with Gasteiger partial charge in [0.25, 0.3) is 5.91 Å². The summed E-state index contributed by atoms with van der Waals surface area (Å²) in [5, 5.41) is 20.8. The van der Waals surface area contributed by atoms with E-state index in [0.29, 0.717) is 23.4 Å². The number of carbonyl (C=O) groups is 1. The van der Waals surface area contributed by atoms with Gasteiger partial charge in [0.05, 0.1) is 23.1 Å². The van der Waals surface area contributed by atoms with Crippen LogP contribution in [0.25, 0.3) is 0 Å². The number of hydrogen-bond donors (Lipinski definition) is 2. The highest BCUT2D eigenvalue weighted by molar-refractivity contribution is 6.07. The van der Waals surface area contributed by atoms with Gasteiger partial charge in [-0.3, -0.25) is 9.48 Å². The van der Waals surface area contributed by atoms with Gasteiger partial charge in [0.1, 0.15) is 5.75 Å². The maximum Gasteiger partial charge on any atom is 0.268 e. The third-order valence-corrected chi connectivity index (χ3v) is 3.71. The van der Waals surface area contributed by atoms with Crippen molar-refractivity contribution in [3.8, 4) is 5.75 Å². The van der Waals surface area contributed by atoms with E-state index >= 15 is 0 Å². The van der Waals surface area contributed by atoms with Crippen LogP contribution in [0.4, 0.5) is 5.69 Å². The largest absolute Gasteiger partial charge is 0.507 e. The van der Waals surface area contributed by atoms with Crippen molar-refractivity contribution in [2.24, 2.45) is 5.16 Å². The molecule has 1 aliphatic heterocycles. The molecule has 0 radical (unpaired) electrons. The van der Waals surface area contributed by atoms with Crippen molar-refractivity contribution < 1.29 is 14.7 Å². The fraction of sp³-hybridized carbons (Fsp3) is 0.353. The van der Waals surface area contributed by atoms with Gasteiger partial charge in [-0.1, -0.05) is 17.3 Å². The zero-order chi connectivity index (χ0) is 17.3. The molecule has 126 valence electrons. The minimum atomic E-state index is -0.724. The standard InChI is InChI=1S/C17H20N4O3/c1-17(2,3)21-10-11(9-18-21)19-16(23)15-8-13(20-24-15)12-6-4-5-7-14(12)22/h4-7,9-10,15,22H,8H2,1-3H3,(H,19,23). The molecule has 0 saturated heterocycles. The second kappa shape index (κ2) is 5.99. The van der Waals surface area contributed by atoms with E-state index in [0.717, 1.165) is 0 Å². The molecular formula is C17H20N4O3. The summed E-state index contributed by atoms with van der Waals surface area (Å²) in [6, 6.07) is 6.84. The Hall–Kier alpha value is -2.83. The van der Waals surface area contributed by atoms with E-state index in [-0.39, 0.29) is 17.2 Å². The number of anilines is 1. The quantitative estimate of drug-likeness (QED) is 0.906. The zero-order valence-corrected chi connectivity index (χ0v) is 13.9. The first-order valence-corrected chi connectivity index (χ1v) is 7.71. The molecule has 2 heterocycles. The summed E-state index contributed by atoms with van der Waals surface area (Å²) in [6.45, 7) is 6.08. The highest BCUT2D eigenvalue weighted by Gasteiger charge is 2.30. The topological polar surface area (TPSA) is 88.7 Å². The van der Waals surface area contributed by atoms with Gasteiger partial charge in [-0.05, 0) is 32.9 Å². The molecule has 1 atom stereocenters. The minimum Gasteiger partial charge on any atom is -0.507 e. The Balaban J connectivity index is 1.64. The Labute approximate surface area is 139 Å². The molecule has 0 spiro atoms. The van der Waals surface area contributed by atoms with E-state index in [2.05, 4.69) is 15.6 Å². The van der Waals surface area contributed by atoms with Crippen molar-refractivity contribution in [3.05, 3.63) is 42.2 Å². The number of phenolic OH excluding ortho intramolecular Hbond substituents is 1. The number of aromatic hydroxyl groups is 1. The number of amides is 1. The van der Waals surface area contributed by atoms with E-state index < -0.39 is 6.10 Å². The van der Waals surface area contributed by atoms with E-state index in [1.165, 1.54) is 0 Å². The average molecular weight is 328 g/mol. The maximum absolute atomic E-state index is 12.3. The summed E-state index contributed by atoms with van der Waals surface area (Å²) in [5.41, 5.74) is 1.58. The molecule has 1 amide bonds. The molecule has 7 heteroatoms. The molecule has 1 aliphatic rings. The van der Waals surface area contributed by atoms with E-state index in [1.807, 2.05) is 20.8 Å². The van der Waals surface area contributed by atoms with Gasteiger partial charge >= 0.3 is 0 Å². The lowest BCUT2D eigenvalue weighted by atomic mass is 10.0. The maximum atomic E-state index is 12.3. The molecule has 0 aliphatic carbocycles. The lowest BCUT2D eigenvalue weighted by Crippen LogP contribution is -2.28. The van der Waals surface area contributed by atoms with Crippen LogP contribution in [-0.2, 0) is 15.2 Å². The number of aromatic nitrogens is 2. The average Bonchev–Trinajstić information content (AvgIpc) is 3.16. The number of rotatable bonds is 3. The van der Waals surface area contributed by atoms with Gasteiger partial charge in [0, 0.05) is 18.2 Å². The van der Waals surface area contributed by atoms with Crippen LogP contribution in [0.5, 0.6) is 5.75 Å². The van der Waals surface area contributed by atoms with Gasteiger partial charge in [0.15, 0.2) is 0 Å². The highest BCUT2D eigenvalue weighted by atomic mass is 16.6. The van der Waals surface area contributed by atoms with Crippen molar-refractivity contribution in [3.63, 3.8) is 0 Å². The van der Waals surface area contributed by atoms with Crippen LogP contribution < -0.4 is 5.32 Å². The van der Waals surface area contributed by atoms with Crippen LogP contribution in [-0.4, -0.2) is 32.6 Å². The second-order valence-corrected chi connectivity index (χ2v) is 6.69. The Kier molecular flexibility index (Phi) is 4.01. The monoisotopic (exact) mass is 328 g/mol. The molecule has 1 aromatic heterocycles. The number of para-hydroxylation sites is 1. The lowest BCUT2D eigenvalue weighted by molar-refractivity contribution is -0.125. The highest BCUT2D eigenvalue weighted by Crippen LogP contribution is 2.24. The van der Waals surface area contributed by atoms with Crippen molar-refractivity contribution in [2.75, 3.05) is 5.32 Å². The molecule has 7 nitrogen and oxygen atoms in total. The lowest BCUT2D eigenvalue weighted by Gasteiger charge is -2.18. The first-order chi connectivity index (χ1) is 11.3. The van der Waals surface area contributed by atoms with Gasteiger partial charge < -0.3 is 15.3 Å². The smallest absolute Gasteiger partial charge is 0.268 e. The van der Waals surface area contributed by atoms with Crippen molar-refractivity contribution in [1.82, 2.24) is 9.78 Å². The number of carbonyl (C=O) groups excluding carboxylic acids is 1. The molecular weight excluding hydrogens is 308 g/mol. The fourth-order valence-corrected chi connectivity index (χ4v) is 2.37. The van der Waals surface area contributed by atoms with Crippen LogP contribution in [0.2, 0.25) is 0 Å². The second-order valence-electron chi connectivity index (χ2n) is 6.69. The van der Waals surface area contributed by atoms with Crippen LogP contribution in [0.15, 0.2) is 41.8 Å². The Bertz CT molecular complexity index is 789. The summed E-state index contributed by atoms with van der Waals surface area (Å²) in [5.74, 6) is -0.176. The third kappa shape index (κ3) is 3.24. The molecule has 1 unspecified atom stereocenters. The molecule has 0 bridgehead atoms.